The predicted octanol–water partition coefficient (Wildman–Crippen LogP) is 1.81. The molecular weight excluding hydrogens is 230 g/mol. The summed E-state index contributed by atoms with van der Waals surface area (Å²) in [6.45, 7) is 0. The average molecular weight is 252 g/mol. The molecule has 98 valence electrons. The summed E-state index contributed by atoms with van der Waals surface area (Å²) in [6, 6.07) is 0. The Morgan fingerprint density at radius 1 is 1.16 bits per heavy atom. The van der Waals surface area contributed by atoms with Gasteiger partial charge >= 0.3 is 0 Å². The number of nitrogens with one attached hydrogen (secondary N) is 1. The summed E-state index contributed by atoms with van der Waals surface area (Å²) >= 11 is 0. The molecule has 0 aromatic carbocycles. The molecule has 0 unspecified atom stereocenters. The summed E-state index contributed by atoms with van der Waals surface area (Å²) in [7, 11) is 5.84. The van der Waals surface area contributed by atoms with Crippen LogP contribution in [0.25, 0.3) is 0 Å². The van der Waals surface area contributed by atoms with Crippen LogP contribution in [0, 0.1) is 0 Å². The molecule has 0 heterocycles. The molecule has 0 saturated carbocycles. The Labute approximate surface area is 118 Å². The molecule has 0 atom stereocenters. The second-order valence-electron chi connectivity index (χ2n) is 4.54. The van der Waals surface area contributed by atoms with Crippen LogP contribution in [0.4, 0.5) is 0 Å². The van der Waals surface area contributed by atoms with E-state index in [1.165, 1.54) is 5.47 Å². The van der Waals surface area contributed by atoms with Crippen LogP contribution in [-0.2, 0) is 0 Å². The lowest BCUT2D eigenvalue weighted by molar-refractivity contribution is 0.827. The molecular formula is C15H22B2N2. The third kappa shape index (κ3) is 8.28. The molecule has 0 aromatic heterocycles. The van der Waals surface area contributed by atoms with Crippen molar-refractivity contribution in [2.75, 3.05) is 14.1 Å². The van der Waals surface area contributed by atoms with Gasteiger partial charge in [0.2, 0.25) is 7.41 Å². The monoisotopic (exact) mass is 252 g/mol. The van der Waals surface area contributed by atoms with Crippen molar-refractivity contribution < 1.29 is 0 Å². The van der Waals surface area contributed by atoms with E-state index in [0.717, 1.165) is 27.8 Å². The van der Waals surface area contributed by atoms with Gasteiger partial charge in [-0.25, -0.2) is 0 Å². The van der Waals surface area contributed by atoms with Gasteiger partial charge in [0.25, 0.3) is 7.55 Å². The highest BCUT2D eigenvalue weighted by molar-refractivity contribution is 6.54. The minimum Gasteiger partial charge on any atom is -0.375 e. The molecule has 2 nitrogen and oxygen atoms in total. The standard InChI is InChI=1S/C15H22B2N2/c1-18-17-19(2)16-15-13-11-9-7-5-3-4-6-8-10-12-14-15/h3,5-6,8-11,13-14,16-18H,4,7H2,1-2H3/b5-3-,8-6-,11-9-,15-13+. The molecule has 0 aromatic rings. The van der Waals surface area contributed by atoms with Crippen molar-refractivity contribution in [3.05, 3.63) is 65.9 Å². The van der Waals surface area contributed by atoms with E-state index in [-0.39, 0.29) is 0 Å². The Morgan fingerprint density at radius 2 is 1.89 bits per heavy atom. The molecule has 1 aliphatic carbocycles. The maximum Gasteiger partial charge on any atom is 0.277 e. The van der Waals surface area contributed by atoms with Gasteiger partial charge in [0, 0.05) is 0 Å². The number of nitrogens with zero attached hydrogens (tertiary/aromatic N) is 1. The van der Waals surface area contributed by atoms with Crippen molar-refractivity contribution in [1.82, 2.24) is 9.95 Å². The largest absolute Gasteiger partial charge is 0.375 e. The van der Waals surface area contributed by atoms with Crippen molar-refractivity contribution >= 4 is 15.0 Å². The lowest BCUT2D eigenvalue weighted by Crippen LogP contribution is -2.36. The van der Waals surface area contributed by atoms with E-state index < -0.39 is 0 Å². The molecule has 0 bridgehead atoms. The highest BCUT2D eigenvalue weighted by Crippen LogP contribution is 1.99. The van der Waals surface area contributed by atoms with Gasteiger partial charge in [0.05, 0.1) is 0 Å². The highest BCUT2D eigenvalue weighted by Gasteiger charge is 2.02. The van der Waals surface area contributed by atoms with Gasteiger partial charge < -0.3 is 9.95 Å². The van der Waals surface area contributed by atoms with Gasteiger partial charge in [0.1, 0.15) is 0 Å². The van der Waals surface area contributed by atoms with Crippen molar-refractivity contribution in [3.8, 4) is 0 Å². The number of hydrogen-bond donors (Lipinski definition) is 1. The number of allylic oxidation sites excluding steroid dienone is 9. The molecule has 19 heavy (non-hydrogen) atoms. The summed E-state index contributed by atoms with van der Waals surface area (Å²) in [5.74, 6) is 0. The SMILES string of the molecule is CNBN(C)B/C1=C/C=C\C/C=C\C/C=C\C=C=C1. The van der Waals surface area contributed by atoms with Crippen LogP contribution < -0.4 is 5.23 Å². The van der Waals surface area contributed by atoms with Gasteiger partial charge in [-0.05, 0) is 39.1 Å². The lowest BCUT2D eigenvalue weighted by Gasteiger charge is -2.13. The second-order valence-corrected chi connectivity index (χ2v) is 4.54. The van der Waals surface area contributed by atoms with Gasteiger partial charge in [-0.1, -0.05) is 48.0 Å². The van der Waals surface area contributed by atoms with E-state index in [9.17, 15) is 0 Å². The first-order chi connectivity index (χ1) is 9.33. The van der Waals surface area contributed by atoms with Gasteiger partial charge in [-0.15, -0.1) is 5.73 Å². The van der Waals surface area contributed by atoms with Crippen molar-refractivity contribution in [3.63, 3.8) is 0 Å². The second kappa shape index (κ2) is 10.5. The minimum absolute atomic E-state index is 0.876. The van der Waals surface area contributed by atoms with Crippen LogP contribution in [0.5, 0.6) is 0 Å². The van der Waals surface area contributed by atoms with E-state index in [0.29, 0.717) is 0 Å². The Hall–Kier alpha value is -1.47. The molecule has 0 saturated heterocycles. The first-order valence-electron chi connectivity index (χ1n) is 6.74. The van der Waals surface area contributed by atoms with E-state index >= 15 is 0 Å². The van der Waals surface area contributed by atoms with Crippen LogP contribution >= 0.6 is 0 Å². The van der Waals surface area contributed by atoms with E-state index in [1.54, 1.807) is 0 Å². The molecule has 0 amide bonds. The maximum atomic E-state index is 3.21. The molecule has 0 radical (unpaired) electrons. The van der Waals surface area contributed by atoms with Crippen molar-refractivity contribution in [2.24, 2.45) is 0 Å². The normalized spacial score (nSPS) is 23.4. The molecule has 0 aliphatic heterocycles. The quantitative estimate of drug-likeness (QED) is 0.466. The maximum absolute atomic E-state index is 3.21. The lowest BCUT2D eigenvalue weighted by atomic mass is 9.75. The summed E-state index contributed by atoms with van der Waals surface area (Å²) in [4.78, 5) is 0. The Bertz CT molecular complexity index is 427. The Kier molecular flexibility index (Phi) is 8.57. The van der Waals surface area contributed by atoms with Crippen LogP contribution in [-0.4, -0.2) is 33.8 Å². The van der Waals surface area contributed by atoms with Crippen molar-refractivity contribution in [2.45, 2.75) is 12.8 Å². The number of hydrogen-bond acceptors (Lipinski definition) is 2. The topological polar surface area (TPSA) is 15.3 Å². The molecule has 1 N–H and O–H groups in total. The highest BCUT2D eigenvalue weighted by atomic mass is 15.0. The Morgan fingerprint density at radius 3 is 2.63 bits per heavy atom. The Balaban J connectivity index is 2.76. The van der Waals surface area contributed by atoms with Crippen LogP contribution in [0.1, 0.15) is 12.8 Å². The summed E-state index contributed by atoms with van der Waals surface area (Å²) < 4.78 is 2.23. The minimum atomic E-state index is 0.876. The molecule has 1 aliphatic rings. The fourth-order valence-electron chi connectivity index (χ4n) is 1.76. The fraction of sp³-hybridized carbons (Fsp3) is 0.267. The molecule has 0 fully saturated rings. The first-order valence-corrected chi connectivity index (χ1v) is 6.74. The van der Waals surface area contributed by atoms with Crippen molar-refractivity contribution in [1.29, 1.82) is 0 Å². The van der Waals surface area contributed by atoms with E-state index in [1.807, 2.05) is 25.3 Å². The molecule has 1 rings (SSSR count). The molecule has 0 spiro atoms. The van der Waals surface area contributed by atoms with E-state index in [4.69, 9.17) is 0 Å². The third-order valence-corrected chi connectivity index (χ3v) is 2.64. The summed E-state index contributed by atoms with van der Waals surface area (Å²) in [6.07, 6.45) is 21.0. The van der Waals surface area contributed by atoms with Gasteiger partial charge in [-0.3, -0.25) is 0 Å². The van der Waals surface area contributed by atoms with E-state index in [2.05, 4.69) is 59.2 Å². The zero-order valence-corrected chi connectivity index (χ0v) is 12.0. The zero-order chi connectivity index (χ0) is 13.8. The summed E-state index contributed by atoms with van der Waals surface area (Å²) in [5, 5.41) is 3.15. The average Bonchev–Trinajstić information content (AvgIpc) is 2.41. The van der Waals surface area contributed by atoms with Crippen LogP contribution in [0.3, 0.4) is 0 Å². The zero-order valence-electron chi connectivity index (χ0n) is 12.0. The fourth-order valence-corrected chi connectivity index (χ4v) is 1.76. The summed E-state index contributed by atoms with van der Waals surface area (Å²) in [5.41, 5.74) is 4.46. The predicted molar refractivity (Wildman–Crippen MR) is 88.5 cm³/mol. The number of rotatable bonds is 4. The first kappa shape index (κ1) is 15.6. The van der Waals surface area contributed by atoms with Gasteiger partial charge in [-0.2, -0.15) is 0 Å². The van der Waals surface area contributed by atoms with Crippen LogP contribution in [0.15, 0.2) is 65.9 Å². The smallest absolute Gasteiger partial charge is 0.277 e. The van der Waals surface area contributed by atoms with Gasteiger partial charge in [0.15, 0.2) is 0 Å². The molecule has 4 heteroatoms. The third-order valence-electron chi connectivity index (χ3n) is 2.64. The van der Waals surface area contributed by atoms with Crippen LogP contribution in [0.2, 0.25) is 0 Å².